The van der Waals surface area contributed by atoms with Crippen molar-refractivity contribution in [1.82, 2.24) is 0 Å². The van der Waals surface area contributed by atoms with Gasteiger partial charge < -0.3 is 5.11 Å². The molecule has 1 nitrogen and oxygen atoms in total. The van der Waals surface area contributed by atoms with Crippen molar-refractivity contribution in [3.63, 3.8) is 0 Å². The smallest absolute Gasteiger partial charge is 0.114 e. The van der Waals surface area contributed by atoms with Crippen LogP contribution in [0.1, 0.15) is 72.1 Å². The highest BCUT2D eigenvalue weighted by Crippen LogP contribution is 2.22. The van der Waals surface area contributed by atoms with Crippen LogP contribution in [0.5, 0.6) is 0 Å². The average molecular weight is 224 g/mol. The predicted molar refractivity (Wildman–Crippen MR) is 71.2 cm³/mol. The molecule has 1 heteroatoms. The topological polar surface area (TPSA) is 20.2 Å². The molecule has 0 amide bonds. The maximum absolute atomic E-state index is 9.15. The second-order valence-electron chi connectivity index (χ2n) is 5.90. The van der Waals surface area contributed by atoms with Gasteiger partial charge >= 0.3 is 0 Å². The summed E-state index contributed by atoms with van der Waals surface area (Å²) in [6.45, 7) is 6.90. The number of hydrogen-bond acceptors (Lipinski definition) is 1. The molecule has 0 aliphatic rings. The van der Waals surface area contributed by atoms with Gasteiger partial charge in [-0.05, 0) is 24.7 Å². The van der Waals surface area contributed by atoms with Gasteiger partial charge in [0.2, 0.25) is 0 Å². The van der Waals surface area contributed by atoms with Crippen molar-refractivity contribution in [2.45, 2.75) is 78.2 Å². The zero-order valence-electron chi connectivity index (χ0n) is 11.3. The second kappa shape index (κ2) is 8.65. The van der Waals surface area contributed by atoms with Gasteiger partial charge in [-0.25, -0.2) is 0 Å². The standard InChI is InChI=1S/C15H28O/c1-5-14(16)12-10-8-6-7-9-11-13-15(2,3)4/h1,14,16H,6-13H2,2-4H3. The Bertz CT molecular complexity index is 194. The molecule has 0 spiro atoms. The van der Waals surface area contributed by atoms with Gasteiger partial charge in [0.15, 0.2) is 0 Å². The largest absolute Gasteiger partial charge is 0.380 e. The summed E-state index contributed by atoms with van der Waals surface area (Å²) in [5.41, 5.74) is 0.483. The van der Waals surface area contributed by atoms with E-state index in [0.717, 1.165) is 12.8 Å². The van der Waals surface area contributed by atoms with Crippen molar-refractivity contribution in [3.05, 3.63) is 0 Å². The van der Waals surface area contributed by atoms with Crippen LogP contribution in [0, 0.1) is 17.8 Å². The van der Waals surface area contributed by atoms with E-state index in [2.05, 4.69) is 26.7 Å². The molecule has 0 radical (unpaired) electrons. The van der Waals surface area contributed by atoms with E-state index in [9.17, 15) is 0 Å². The molecular weight excluding hydrogens is 196 g/mol. The first-order valence-electron chi connectivity index (χ1n) is 6.60. The van der Waals surface area contributed by atoms with E-state index in [0.29, 0.717) is 5.41 Å². The van der Waals surface area contributed by atoms with Gasteiger partial charge in [-0.3, -0.25) is 0 Å². The molecule has 16 heavy (non-hydrogen) atoms. The number of aliphatic hydroxyl groups is 1. The first-order valence-corrected chi connectivity index (χ1v) is 6.60. The monoisotopic (exact) mass is 224 g/mol. The third kappa shape index (κ3) is 11.6. The van der Waals surface area contributed by atoms with Crippen LogP contribution in [-0.2, 0) is 0 Å². The first kappa shape index (κ1) is 15.5. The molecule has 0 saturated carbocycles. The van der Waals surface area contributed by atoms with Crippen LogP contribution < -0.4 is 0 Å². The van der Waals surface area contributed by atoms with Crippen LogP contribution in [0.2, 0.25) is 0 Å². The van der Waals surface area contributed by atoms with Crippen LogP contribution in [0.15, 0.2) is 0 Å². The Morgan fingerprint density at radius 2 is 1.50 bits per heavy atom. The molecular formula is C15H28O. The highest BCUT2D eigenvalue weighted by Gasteiger charge is 2.08. The summed E-state index contributed by atoms with van der Waals surface area (Å²) in [5, 5.41) is 9.15. The lowest BCUT2D eigenvalue weighted by Gasteiger charge is -2.17. The molecule has 0 rings (SSSR count). The van der Waals surface area contributed by atoms with Crippen LogP contribution in [-0.4, -0.2) is 11.2 Å². The van der Waals surface area contributed by atoms with Crippen molar-refractivity contribution in [1.29, 1.82) is 0 Å². The van der Waals surface area contributed by atoms with E-state index in [1.807, 2.05) is 0 Å². The van der Waals surface area contributed by atoms with E-state index in [1.165, 1.54) is 38.5 Å². The minimum absolute atomic E-state index is 0.483. The minimum atomic E-state index is -0.527. The van der Waals surface area contributed by atoms with Crippen LogP contribution >= 0.6 is 0 Å². The quantitative estimate of drug-likeness (QED) is 0.485. The Morgan fingerprint density at radius 3 is 2.00 bits per heavy atom. The summed E-state index contributed by atoms with van der Waals surface area (Å²) in [5.74, 6) is 2.35. The molecule has 0 saturated heterocycles. The summed E-state index contributed by atoms with van der Waals surface area (Å²) in [4.78, 5) is 0. The van der Waals surface area contributed by atoms with Gasteiger partial charge in [-0.1, -0.05) is 58.8 Å². The zero-order valence-corrected chi connectivity index (χ0v) is 11.3. The maximum Gasteiger partial charge on any atom is 0.114 e. The summed E-state index contributed by atoms with van der Waals surface area (Å²) < 4.78 is 0. The molecule has 1 N–H and O–H groups in total. The third-order valence-corrected chi connectivity index (χ3v) is 2.85. The van der Waals surface area contributed by atoms with Crippen LogP contribution in [0.4, 0.5) is 0 Å². The Labute approximate surface area is 102 Å². The summed E-state index contributed by atoms with van der Waals surface area (Å²) in [7, 11) is 0. The summed E-state index contributed by atoms with van der Waals surface area (Å²) in [6, 6.07) is 0. The zero-order chi connectivity index (χ0) is 12.4. The van der Waals surface area contributed by atoms with E-state index in [4.69, 9.17) is 11.5 Å². The molecule has 94 valence electrons. The molecule has 0 aliphatic heterocycles. The van der Waals surface area contributed by atoms with Crippen LogP contribution in [0.25, 0.3) is 0 Å². The maximum atomic E-state index is 9.15. The highest BCUT2D eigenvalue weighted by molar-refractivity contribution is 4.92. The van der Waals surface area contributed by atoms with Crippen molar-refractivity contribution in [3.8, 4) is 12.3 Å². The van der Waals surface area contributed by atoms with E-state index in [1.54, 1.807) is 0 Å². The van der Waals surface area contributed by atoms with Crippen molar-refractivity contribution < 1.29 is 5.11 Å². The molecule has 0 fully saturated rings. The third-order valence-electron chi connectivity index (χ3n) is 2.85. The summed E-state index contributed by atoms with van der Waals surface area (Å²) >= 11 is 0. The van der Waals surface area contributed by atoms with Gasteiger partial charge in [0, 0.05) is 0 Å². The number of hydrogen-bond donors (Lipinski definition) is 1. The van der Waals surface area contributed by atoms with Gasteiger partial charge in [0.1, 0.15) is 6.10 Å². The van der Waals surface area contributed by atoms with E-state index < -0.39 is 6.10 Å². The lowest BCUT2D eigenvalue weighted by Crippen LogP contribution is -2.04. The molecule has 0 heterocycles. The van der Waals surface area contributed by atoms with Crippen molar-refractivity contribution >= 4 is 0 Å². The number of terminal acetylenes is 1. The molecule has 0 aliphatic carbocycles. The van der Waals surface area contributed by atoms with Crippen molar-refractivity contribution in [2.24, 2.45) is 5.41 Å². The normalized spacial score (nSPS) is 13.4. The molecule has 0 aromatic carbocycles. The molecule has 0 aromatic rings. The van der Waals surface area contributed by atoms with E-state index >= 15 is 0 Å². The fourth-order valence-corrected chi connectivity index (χ4v) is 1.78. The number of unbranched alkanes of at least 4 members (excludes halogenated alkanes) is 5. The van der Waals surface area contributed by atoms with Crippen molar-refractivity contribution in [2.75, 3.05) is 0 Å². The minimum Gasteiger partial charge on any atom is -0.380 e. The molecule has 0 bridgehead atoms. The highest BCUT2D eigenvalue weighted by atomic mass is 16.3. The fourth-order valence-electron chi connectivity index (χ4n) is 1.78. The second-order valence-corrected chi connectivity index (χ2v) is 5.90. The van der Waals surface area contributed by atoms with Gasteiger partial charge in [-0.2, -0.15) is 0 Å². The average Bonchev–Trinajstić information content (AvgIpc) is 2.20. The molecule has 0 aromatic heterocycles. The van der Waals surface area contributed by atoms with Crippen LogP contribution in [0.3, 0.4) is 0 Å². The Kier molecular flexibility index (Phi) is 8.39. The summed E-state index contributed by atoms with van der Waals surface area (Å²) in [6.07, 6.45) is 14.2. The van der Waals surface area contributed by atoms with Gasteiger partial charge in [0.25, 0.3) is 0 Å². The Balaban J connectivity index is 3.14. The predicted octanol–water partition coefficient (Wildman–Crippen LogP) is 4.15. The Morgan fingerprint density at radius 1 is 1.00 bits per heavy atom. The van der Waals surface area contributed by atoms with E-state index in [-0.39, 0.29) is 0 Å². The number of aliphatic hydroxyl groups excluding tert-OH is 1. The van der Waals surface area contributed by atoms with Gasteiger partial charge in [0.05, 0.1) is 0 Å². The lowest BCUT2D eigenvalue weighted by molar-refractivity contribution is 0.217. The first-order chi connectivity index (χ1) is 7.45. The Hall–Kier alpha value is -0.480. The molecule has 1 unspecified atom stereocenters. The fraction of sp³-hybridized carbons (Fsp3) is 0.867. The SMILES string of the molecule is C#CC(O)CCCCCCCCC(C)(C)C. The lowest BCUT2D eigenvalue weighted by atomic mass is 9.89. The number of rotatable bonds is 8. The van der Waals surface area contributed by atoms with Gasteiger partial charge in [-0.15, -0.1) is 6.42 Å². The molecule has 1 atom stereocenters.